The molecule has 112 valence electrons. The molecule has 1 N–H and O–H groups in total. The molecule has 0 aliphatic carbocycles. The lowest BCUT2D eigenvalue weighted by Crippen LogP contribution is -2.07. The van der Waals surface area contributed by atoms with Crippen LogP contribution in [0.5, 0.6) is 11.6 Å². The van der Waals surface area contributed by atoms with Crippen LogP contribution in [0.2, 0.25) is 0 Å². The lowest BCUT2D eigenvalue weighted by atomic mass is 10.2. The summed E-state index contributed by atoms with van der Waals surface area (Å²) in [5.41, 5.74) is 0.741. The summed E-state index contributed by atoms with van der Waals surface area (Å²) < 4.78 is 24.5. The molecule has 6 heteroatoms. The molecule has 0 aliphatic heterocycles. The van der Waals surface area contributed by atoms with Crippen molar-refractivity contribution in [2.75, 3.05) is 19.0 Å². The molecule has 0 amide bonds. The summed E-state index contributed by atoms with van der Waals surface area (Å²) in [6.45, 7) is 5.72. The molecule has 0 atom stereocenters. The zero-order valence-corrected chi connectivity index (χ0v) is 12.5. The van der Waals surface area contributed by atoms with Gasteiger partial charge in [0.25, 0.3) is 5.88 Å². The molecule has 1 rings (SSSR count). The number of aromatic nitrogens is 2. The summed E-state index contributed by atoms with van der Waals surface area (Å²) in [6.07, 6.45) is 7.95. The van der Waals surface area contributed by atoms with Crippen molar-refractivity contribution in [3.63, 3.8) is 0 Å². The minimum absolute atomic E-state index is 0.0436. The van der Waals surface area contributed by atoms with Gasteiger partial charge in [0.15, 0.2) is 11.6 Å². The van der Waals surface area contributed by atoms with Crippen molar-refractivity contribution >= 4 is 5.82 Å². The van der Waals surface area contributed by atoms with E-state index in [1.165, 1.54) is 19.5 Å². The zero-order chi connectivity index (χ0) is 15.8. The number of halogens is 1. The average molecular weight is 291 g/mol. The van der Waals surface area contributed by atoms with Gasteiger partial charge in [-0.3, -0.25) is 0 Å². The summed E-state index contributed by atoms with van der Waals surface area (Å²) in [4.78, 5) is 7.94. The highest BCUT2D eigenvalue weighted by Crippen LogP contribution is 2.32. The van der Waals surface area contributed by atoms with Crippen LogP contribution in [-0.2, 0) is 0 Å². The number of hydrogen-bond donors (Lipinski definition) is 1. The zero-order valence-electron chi connectivity index (χ0n) is 12.5. The summed E-state index contributed by atoms with van der Waals surface area (Å²) >= 11 is 0. The SMILES string of the molecule is C#C/C(Nc1ncnc(OC)c1OCC)=C(/F)C=C(C)C. The quantitative estimate of drug-likeness (QED) is 0.645. The van der Waals surface area contributed by atoms with Gasteiger partial charge in [0.2, 0.25) is 5.75 Å². The second-order valence-corrected chi connectivity index (χ2v) is 4.21. The molecule has 0 saturated heterocycles. The number of nitrogens with one attached hydrogen (secondary N) is 1. The first-order valence-electron chi connectivity index (χ1n) is 6.33. The van der Waals surface area contributed by atoms with Crippen LogP contribution < -0.4 is 14.8 Å². The van der Waals surface area contributed by atoms with Gasteiger partial charge in [-0.05, 0) is 32.8 Å². The Morgan fingerprint density at radius 1 is 1.48 bits per heavy atom. The summed E-state index contributed by atoms with van der Waals surface area (Å²) in [5.74, 6) is 2.46. The Morgan fingerprint density at radius 2 is 2.19 bits per heavy atom. The maximum Gasteiger partial charge on any atom is 0.262 e. The Morgan fingerprint density at radius 3 is 2.71 bits per heavy atom. The largest absolute Gasteiger partial charge is 0.486 e. The Labute approximate surface area is 123 Å². The molecule has 1 aromatic heterocycles. The summed E-state index contributed by atoms with van der Waals surface area (Å²) in [6, 6.07) is 0. The van der Waals surface area contributed by atoms with Gasteiger partial charge in [0.1, 0.15) is 12.0 Å². The van der Waals surface area contributed by atoms with Crippen molar-refractivity contribution < 1.29 is 13.9 Å². The standard InChI is InChI=1S/C15H18FN3O2/c1-6-12(11(16)8-10(3)4)19-14-13(21-7-2)15(20-5)18-9-17-14/h1,8-9H,7H2,2-5H3,(H,17,18,19)/b12-11-. The Kier molecular flexibility index (Phi) is 6.21. The van der Waals surface area contributed by atoms with E-state index in [-0.39, 0.29) is 23.1 Å². The Hall–Kier alpha value is -2.55. The van der Waals surface area contributed by atoms with Crippen LogP contribution in [0.15, 0.2) is 29.5 Å². The fourth-order valence-electron chi connectivity index (χ4n) is 1.48. The van der Waals surface area contributed by atoms with Gasteiger partial charge >= 0.3 is 0 Å². The topological polar surface area (TPSA) is 56.3 Å². The first kappa shape index (κ1) is 16.5. The smallest absolute Gasteiger partial charge is 0.262 e. The molecule has 0 aliphatic rings. The number of rotatable bonds is 6. The number of methoxy groups -OCH3 is 1. The van der Waals surface area contributed by atoms with E-state index in [2.05, 4.69) is 21.2 Å². The Bertz CT molecular complexity index is 599. The van der Waals surface area contributed by atoms with Crippen molar-refractivity contribution in [2.45, 2.75) is 20.8 Å². The molecule has 1 aromatic rings. The van der Waals surface area contributed by atoms with Gasteiger partial charge in [-0.2, -0.15) is 4.98 Å². The Balaban J connectivity index is 3.23. The molecule has 21 heavy (non-hydrogen) atoms. The first-order chi connectivity index (χ1) is 10.0. The van der Waals surface area contributed by atoms with Gasteiger partial charge in [0, 0.05) is 0 Å². The van der Waals surface area contributed by atoms with Crippen molar-refractivity contribution in [3.8, 4) is 24.0 Å². The van der Waals surface area contributed by atoms with Crippen LogP contribution in [0.4, 0.5) is 10.2 Å². The van der Waals surface area contributed by atoms with Crippen molar-refractivity contribution in [3.05, 3.63) is 29.5 Å². The van der Waals surface area contributed by atoms with Crippen LogP contribution in [-0.4, -0.2) is 23.7 Å². The van der Waals surface area contributed by atoms with Gasteiger partial charge in [0.05, 0.1) is 13.7 Å². The van der Waals surface area contributed by atoms with Gasteiger partial charge < -0.3 is 14.8 Å². The highest BCUT2D eigenvalue weighted by molar-refractivity contribution is 5.61. The van der Waals surface area contributed by atoms with Crippen LogP contribution in [0, 0.1) is 12.3 Å². The third kappa shape index (κ3) is 4.49. The van der Waals surface area contributed by atoms with E-state index in [0.29, 0.717) is 6.61 Å². The molecule has 0 radical (unpaired) electrons. The second-order valence-electron chi connectivity index (χ2n) is 4.21. The fourth-order valence-corrected chi connectivity index (χ4v) is 1.48. The maximum atomic E-state index is 14.0. The molecule has 5 nitrogen and oxygen atoms in total. The second kappa shape index (κ2) is 7.90. The number of terminal acetylenes is 1. The normalized spacial score (nSPS) is 11.0. The van der Waals surface area contributed by atoms with E-state index < -0.39 is 5.83 Å². The van der Waals surface area contributed by atoms with Gasteiger partial charge in [-0.15, -0.1) is 6.42 Å². The summed E-state index contributed by atoms with van der Waals surface area (Å²) in [5, 5.41) is 2.73. The third-order valence-electron chi connectivity index (χ3n) is 2.30. The molecular formula is C15H18FN3O2. The third-order valence-corrected chi connectivity index (χ3v) is 2.30. The van der Waals surface area contributed by atoms with E-state index in [0.717, 1.165) is 5.57 Å². The van der Waals surface area contributed by atoms with E-state index in [1.54, 1.807) is 20.8 Å². The number of allylic oxidation sites excluding steroid dienone is 4. The molecule has 0 saturated carbocycles. The lowest BCUT2D eigenvalue weighted by molar-refractivity contribution is 0.304. The van der Waals surface area contributed by atoms with E-state index in [4.69, 9.17) is 15.9 Å². The molecule has 0 spiro atoms. The van der Waals surface area contributed by atoms with Gasteiger partial charge in [-0.25, -0.2) is 9.37 Å². The average Bonchev–Trinajstić information content (AvgIpc) is 2.45. The highest BCUT2D eigenvalue weighted by atomic mass is 19.1. The van der Waals surface area contributed by atoms with E-state index >= 15 is 0 Å². The minimum Gasteiger partial charge on any atom is -0.486 e. The van der Waals surface area contributed by atoms with Crippen molar-refractivity contribution in [1.82, 2.24) is 9.97 Å². The fraction of sp³-hybridized carbons (Fsp3) is 0.333. The number of nitrogens with zero attached hydrogens (tertiary/aromatic N) is 2. The van der Waals surface area contributed by atoms with E-state index in [9.17, 15) is 4.39 Å². The van der Waals surface area contributed by atoms with E-state index in [1.807, 2.05) is 0 Å². The van der Waals surface area contributed by atoms with Crippen LogP contribution in [0.25, 0.3) is 0 Å². The monoisotopic (exact) mass is 291 g/mol. The van der Waals surface area contributed by atoms with Crippen molar-refractivity contribution in [1.29, 1.82) is 0 Å². The predicted octanol–water partition coefficient (Wildman–Crippen LogP) is 3.08. The molecule has 0 bridgehead atoms. The molecule has 0 fully saturated rings. The van der Waals surface area contributed by atoms with Crippen LogP contribution in [0.1, 0.15) is 20.8 Å². The molecule has 1 heterocycles. The van der Waals surface area contributed by atoms with Crippen LogP contribution in [0.3, 0.4) is 0 Å². The molecular weight excluding hydrogens is 273 g/mol. The number of anilines is 1. The van der Waals surface area contributed by atoms with Crippen LogP contribution >= 0.6 is 0 Å². The van der Waals surface area contributed by atoms with Gasteiger partial charge in [-0.1, -0.05) is 5.57 Å². The predicted molar refractivity (Wildman–Crippen MR) is 79.8 cm³/mol. The first-order valence-corrected chi connectivity index (χ1v) is 6.33. The maximum absolute atomic E-state index is 14.0. The number of ether oxygens (including phenoxy) is 2. The summed E-state index contributed by atoms with van der Waals surface area (Å²) in [7, 11) is 1.45. The minimum atomic E-state index is -0.558. The molecule has 0 aromatic carbocycles. The van der Waals surface area contributed by atoms with Crippen molar-refractivity contribution in [2.24, 2.45) is 0 Å². The lowest BCUT2D eigenvalue weighted by Gasteiger charge is -2.13. The molecule has 0 unspecified atom stereocenters. The number of hydrogen-bond acceptors (Lipinski definition) is 5. The highest BCUT2D eigenvalue weighted by Gasteiger charge is 2.15.